The molecule has 0 radical (unpaired) electrons. The van der Waals surface area contributed by atoms with Gasteiger partial charge >= 0.3 is 11.9 Å². The van der Waals surface area contributed by atoms with Gasteiger partial charge in [0, 0.05) is 11.4 Å². The van der Waals surface area contributed by atoms with E-state index in [0.29, 0.717) is 35.7 Å². The standard InChI is InChI=1S/C72H72N2O4/c1-3-5-7-9-11-19-45-77-71(75)67-51-70(74-66-43-39-56(40-44-66)60-32-24-36-64(50-60)62-34-22-30-58(48-62)54-27-17-14-18-28-54)68(72(76)78-46-20-12-10-8-6-4-2)52-69(67)73-65-41-37-55(38-42-65)59-31-23-35-63(49-59)61-33-21-29-57(47-61)53-25-15-13-16-26-53/h13-18,21-44,47-52,73-74H,3-12,19-20,45-46H2,1-2H3. The van der Waals surface area contributed by atoms with Crippen molar-refractivity contribution in [1.29, 1.82) is 0 Å². The van der Waals surface area contributed by atoms with E-state index in [-0.39, 0.29) is 0 Å². The second kappa shape index (κ2) is 28.1. The minimum atomic E-state index is -0.463. The molecular weight excluding hydrogens is 957 g/mol. The molecule has 9 aromatic rings. The monoisotopic (exact) mass is 1030 g/mol. The van der Waals surface area contributed by atoms with Crippen LogP contribution in [0.4, 0.5) is 22.7 Å². The summed E-state index contributed by atoms with van der Waals surface area (Å²) in [6.07, 6.45) is 12.9. The van der Waals surface area contributed by atoms with Crippen LogP contribution in [0.2, 0.25) is 0 Å². The number of hydrogen-bond acceptors (Lipinski definition) is 6. The van der Waals surface area contributed by atoms with Crippen LogP contribution in [0, 0.1) is 0 Å². The van der Waals surface area contributed by atoms with Gasteiger partial charge in [-0.3, -0.25) is 0 Å². The second-order valence-electron chi connectivity index (χ2n) is 20.2. The van der Waals surface area contributed by atoms with Gasteiger partial charge < -0.3 is 20.1 Å². The highest BCUT2D eigenvalue weighted by Crippen LogP contribution is 2.36. The SMILES string of the molecule is CCCCCCCCOC(=O)c1cc(Nc2ccc(-c3cccc(-c4cccc(-c5ccccc5)c4)c3)cc2)c(C(=O)OCCCCCCCC)cc1Nc1ccc(-c2cccc(-c3cccc(-c4ccccc4)c3)c2)cc1. The second-order valence-corrected chi connectivity index (χ2v) is 20.2. The molecule has 0 fully saturated rings. The maximum absolute atomic E-state index is 14.3. The van der Waals surface area contributed by atoms with Crippen molar-refractivity contribution in [3.05, 3.63) is 230 Å². The molecule has 9 rings (SSSR count). The summed E-state index contributed by atoms with van der Waals surface area (Å²) < 4.78 is 12.0. The molecule has 0 saturated carbocycles. The summed E-state index contributed by atoms with van der Waals surface area (Å²) in [5.74, 6) is -0.925. The summed E-state index contributed by atoms with van der Waals surface area (Å²) in [4.78, 5) is 28.6. The average Bonchev–Trinajstić information content (AvgIpc) is 3.51. The van der Waals surface area contributed by atoms with Gasteiger partial charge in [-0.15, -0.1) is 0 Å². The van der Waals surface area contributed by atoms with Crippen LogP contribution < -0.4 is 10.6 Å². The zero-order valence-corrected chi connectivity index (χ0v) is 45.3. The quantitative estimate of drug-likeness (QED) is 0.0416. The first kappa shape index (κ1) is 54.3. The molecule has 0 aliphatic rings. The Labute approximate surface area is 462 Å². The fourth-order valence-electron chi connectivity index (χ4n) is 9.97. The zero-order chi connectivity index (χ0) is 53.7. The van der Waals surface area contributed by atoms with Gasteiger partial charge in [0.05, 0.1) is 35.7 Å². The Morgan fingerprint density at radius 2 is 0.564 bits per heavy atom. The van der Waals surface area contributed by atoms with Crippen LogP contribution in [0.15, 0.2) is 218 Å². The number of benzene rings is 9. The molecule has 9 aromatic carbocycles. The van der Waals surface area contributed by atoms with Crippen molar-refractivity contribution in [3.63, 3.8) is 0 Å². The number of ether oxygens (including phenoxy) is 2. The first-order valence-electron chi connectivity index (χ1n) is 28.2. The normalized spacial score (nSPS) is 11.0. The number of nitrogens with one attached hydrogen (secondary N) is 2. The fourth-order valence-corrected chi connectivity index (χ4v) is 9.97. The molecule has 6 heteroatoms. The molecule has 0 aromatic heterocycles. The molecule has 0 aliphatic heterocycles. The lowest BCUT2D eigenvalue weighted by Gasteiger charge is -2.18. The van der Waals surface area contributed by atoms with E-state index < -0.39 is 11.9 Å². The minimum absolute atomic E-state index is 0.306. The summed E-state index contributed by atoms with van der Waals surface area (Å²) in [5, 5.41) is 7.03. The van der Waals surface area contributed by atoms with Crippen molar-refractivity contribution >= 4 is 34.7 Å². The lowest BCUT2D eigenvalue weighted by atomic mass is 9.96. The third kappa shape index (κ3) is 14.9. The molecular formula is C72H72N2O4. The molecule has 6 nitrogen and oxygen atoms in total. The number of esters is 2. The Morgan fingerprint density at radius 3 is 0.885 bits per heavy atom. The molecule has 0 bridgehead atoms. The van der Waals surface area contributed by atoms with Gasteiger partial charge in [0.2, 0.25) is 0 Å². The third-order valence-electron chi connectivity index (χ3n) is 14.4. The first-order chi connectivity index (χ1) is 38.4. The zero-order valence-electron chi connectivity index (χ0n) is 45.3. The van der Waals surface area contributed by atoms with Gasteiger partial charge in [0.1, 0.15) is 0 Å². The first-order valence-corrected chi connectivity index (χ1v) is 28.2. The average molecular weight is 1030 g/mol. The van der Waals surface area contributed by atoms with Crippen LogP contribution >= 0.6 is 0 Å². The maximum atomic E-state index is 14.3. The van der Waals surface area contributed by atoms with E-state index in [9.17, 15) is 9.59 Å². The predicted octanol–water partition coefficient (Wildman–Crippen LogP) is 20.2. The summed E-state index contributed by atoms with van der Waals surface area (Å²) in [6, 6.07) is 75.1. The van der Waals surface area contributed by atoms with Gasteiger partial charge in [-0.2, -0.15) is 0 Å². The number of carbonyl (C=O) groups is 2. The van der Waals surface area contributed by atoms with Gasteiger partial charge in [0.15, 0.2) is 0 Å². The Hall–Kier alpha value is -8.48. The van der Waals surface area contributed by atoms with Gasteiger partial charge in [-0.1, -0.05) is 236 Å². The summed E-state index contributed by atoms with van der Waals surface area (Å²) in [6.45, 7) is 5.03. The van der Waals surface area contributed by atoms with Crippen molar-refractivity contribution in [2.75, 3.05) is 23.8 Å². The molecule has 0 unspecified atom stereocenters. The van der Waals surface area contributed by atoms with Crippen molar-refractivity contribution in [1.82, 2.24) is 0 Å². The minimum Gasteiger partial charge on any atom is -0.462 e. The lowest BCUT2D eigenvalue weighted by Crippen LogP contribution is -2.14. The van der Waals surface area contributed by atoms with Gasteiger partial charge in [0.25, 0.3) is 0 Å². The van der Waals surface area contributed by atoms with E-state index in [1.807, 2.05) is 36.4 Å². The molecule has 394 valence electrons. The van der Waals surface area contributed by atoms with Gasteiger partial charge in [-0.25, -0.2) is 9.59 Å². The van der Waals surface area contributed by atoms with E-state index in [4.69, 9.17) is 9.47 Å². The third-order valence-corrected chi connectivity index (χ3v) is 14.4. The van der Waals surface area contributed by atoms with Crippen molar-refractivity contribution in [2.24, 2.45) is 0 Å². The number of carbonyl (C=O) groups excluding carboxylic acids is 2. The topological polar surface area (TPSA) is 76.7 Å². The molecule has 0 atom stereocenters. The van der Waals surface area contributed by atoms with Crippen molar-refractivity contribution in [3.8, 4) is 66.8 Å². The van der Waals surface area contributed by atoms with Gasteiger partial charge in [-0.05, 0) is 140 Å². The summed E-state index contributed by atoms with van der Waals surface area (Å²) in [5.41, 5.74) is 16.6. The van der Waals surface area contributed by atoms with Crippen LogP contribution in [-0.2, 0) is 9.47 Å². The van der Waals surface area contributed by atoms with Crippen LogP contribution in [0.5, 0.6) is 0 Å². The number of anilines is 4. The smallest absolute Gasteiger partial charge is 0.340 e. The molecule has 2 N–H and O–H groups in total. The van der Waals surface area contributed by atoms with E-state index in [1.165, 1.54) is 60.8 Å². The highest BCUT2D eigenvalue weighted by Gasteiger charge is 2.23. The lowest BCUT2D eigenvalue weighted by molar-refractivity contribution is 0.0485. The van der Waals surface area contributed by atoms with Crippen molar-refractivity contribution < 1.29 is 19.1 Å². The van der Waals surface area contributed by atoms with Crippen LogP contribution in [0.3, 0.4) is 0 Å². The van der Waals surface area contributed by atoms with Crippen LogP contribution in [0.25, 0.3) is 66.8 Å². The molecule has 0 aliphatic carbocycles. The molecule has 78 heavy (non-hydrogen) atoms. The van der Waals surface area contributed by atoms with E-state index >= 15 is 0 Å². The van der Waals surface area contributed by atoms with E-state index in [1.54, 1.807) is 12.1 Å². The highest BCUT2D eigenvalue weighted by atomic mass is 16.5. The maximum Gasteiger partial charge on any atom is 0.340 e. The van der Waals surface area contributed by atoms with E-state index in [2.05, 4.69) is 194 Å². The Morgan fingerprint density at radius 1 is 0.295 bits per heavy atom. The highest BCUT2D eigenvalue weighted by molar-refractivity contribution is 6.04. The van der Waals surface area contributed by atoms with Crippen LogP contribution in [-0.4, -0.2) is 25.2 Å². The Balaban J connectivity index is 0.987. The molecule has 0 spiro atoms. The van der Waals surface area contributed by atoms with Crippen molar-refractivity contribution in [2.45, 2.75) is 90.9 Å². The Kier molecular flexibility index (Phi) is 19.5. The number of rotatable bonds is 26. The van der Waals surface area contributed by atoms with E-state index in [0.717, 1.165) is 94.4 Å². The largest absolute Gasteiger partial charge is 0.462 e. The summed E-state index contributed by atoms with van der Waals surface area (Å²) >= 11 is 0. The van der Waals surface area contributed by atoms with Crippen LogP contribution in [0.1, 0.15) is 112 Å². The molecule has 0 saturated heterocycles. The fraction of sp³-hybridized carbons (Fsp3) is 0.222. The number of unbranched alkanes of at least 4 members (excludes halogenated alkanes) is 10. The Bertz CT molecular complexity index is 3120. The summed E-state index contributed by atoms with van der Waals surface area (Å²) in [7, 11) is 0. The number of hydrogen-bond donors (Lipinski definition) is 2. The molecule has 0 amide bonds. The predicted molar refractivity (Wildman–Crippen MR) is 326 cm³/mol. The molecule has 0 heterocycles.